The van der Waals surface area contributed by atoms with Gasteiger partial charge in [-0.15, -0.1) is 6.42 Å². The van der Waals surface area contributed by atoms with E-state index >= 15 is 0 Å². The fraction of sp³-hybridized carbons (Fsp3) is 0.182. The average molecular weight is 170 g/mol. The molecule has 0 aromatic heterocycles. The highest BCUT2D eigenvalue weighted by atomic mass is 14.9. The van der Waals surface area contributed by atoms with Crippen LogP contribution in [0.3, 0.4) is 0 Å². The van der Waals surface area contributed by atoms with Crippen molar-refractivity contribution >= 4 is 5.69 Å². The molecule has 2 heteroatoms. The molecule has 0 saturated carbocycles. The standard InChI is InChI=1S/C11H10N2/c1-3-6-13-11-7-10(8-12)5-4-9(11)2/h1,4-5,7,13H,6H2,2H3. The maximum Gasteiger partial charge on any atom is 0.0992 e. The van der Waals surface area contributed by atoms with Gasteiger partial charge in [-0.25, -0.2) is 0 Å². The molecule has 1 rings (SSSR count). The van der Waals surface area contributed by atoms with Crippen molar-refractivity contribution in [2.75, 3.05) is 11.9 Å². The highest BCUT2D eigenvalue weighted by Crippen LogP contribution is 2.15. The summed E-state index contributed by atoms with van der Waals surface area (Å²) in [4.78, 5) is 0. The van der Waals surface area contributed by atoms with Crippen molar-refractivity contribution in [1.82, 2.24) is 0 Å². The number of nitrogens with zero attached hydrogens (tertiary/aromatic N) is 1. The fourth-order valence-electron chi connectivity index (χ4n) is 1.03. The monoisotopic (exact) mass is 170 g/mol. The number of benzene rings is 1. The Kier molecular flexibility index (Phi) is 2.95. The molecule has 0 unspecified atom stereocenters. The molecule has 1 aromatic carbocycles. The first-order valence-corrected chi connectivity index (χ1v) is 3.96. The molecular formula is C11H10N2. The summed E-state index contributed by atoms with van der Waals surface area (Å²) in [6, 6.07) is 7.57. The van der Waals surface area contributed by atoms with E-state index in [4.69, 9.17) is 11.7 Å². The molecule has 0 saturated heterocycles. The molecule has 13 heavy (non-hydrogen) atoms. The third-order valence-electron chi connectivity index (χ3n) is 1.75. The fourth-order valence-corrected chi connectivity index (χ4v) is 1.03. The lowest BCUT2D eigenvalue weighted by Crippen LogP contribution is -2.00. The van der Waals surface area contributed by atoms with Gasteiger partial charge < -0.3 is 5.32 Å². The zero-order chi connectivity index (χ0) is 9.68. The molecule has 0 radical (unpaired) electrons. The smallest absolute Gasteiger partial charge is 0.0992 e. The van der Waals surface area contributed by atoms with Crippen molar-refractivity contribution in [2.24, 2.45) is 0 Å². The van der Waals surface area contributed by atoms with Gasteiger partial charge in [-0.2, -0.15) is 5.26 Å². The van der Waals surface area contributed by atoms with Crippen LogP contribution in [-0.4, -0.2) is 6.54 Å². The Balaban J connectivity index is 2.93. The molecule has 0 amide bonds. The van der Waals surface area contributed by atoms with E-state index in [1.54, 1.807) is 12.1 Å². The summed E-state index contributed by atoms with van der Waals surface area (Å²) in [6.45, 7) is 2.45. The number of anilines is 1. The summed E-state index contributed by atoms with van der Waals surface area (Å²) >= 11 is 0. The number of hydrogen-bond donors (Lipinski definition) is 1. The van der Waals surface area contributed by atoms with Crippen LogP contribution in [0.1, 0.15) is 11.1 Å². The van der Waals surface area contributed by atoms with Crippen molar-refractivity contribution in [3.05, 3.63) is 29.3 Å². The summed E-state index contributed by atoms with van der Waals surface area (Å²) in [5, 5.41) is 11.7. The summed E-state index contributed by atoms with van der Waals surface area (Å²) < 4.78 is 0. The van der Waals surface area contributed by atoms with Gasteiger partial charge in [0.15, 0.2) is 0 Å². The minimum absolute atomic E-state index is 0.482. The van der Waals surface area contributed by atoms with E-state index in [1.807, 2.05) is 13.0 Å². The number of hydrogen-bond acceptors (Lipinski definition) is 2. The number of nitrogens with one attached hydrogen (secondary N) is 1. The van der Waals surface area contributed by atoms with E-state index < -0.39 is 0 Å². The van der Waals surface area contributed by atoms with Crippen LogP contribution in [0.4, 0.5) is 5.69 Å². The molecule has 0 bridgehead atoms. The molecule has 1 aromatic rings. The first kappa shape index (κ1) is 9.16. The third kappa shape index (κ3) is 2.25. The Morgan fingerprint density at radius 1 is 1.54 bits per heavy atom. The molecule has 0 aliphatic rings. The van der Waals surface area contributed by atoms with Gasteiger partial charge in [-0.1, -0.05) is 12.0 Å². The largest absolute Gasteiger partial charge is 0.374 e. The number of terminal acetylenes is 1. The van der Waals surface area contributed by atoms with E-state index in [2.05, 4.69) is 17.3 Å². The first-order valence-electron chi connectivity index (χ1n) is 3.96. The lowest BCUT2D eigenvalue weighted by atomic mass is 10.1. The third-order valence-corrected chi connectivity index (χ3v) is 1.75. The molecule has 0 spiro atoms. The number of nitriles is 1. The summed E-state index contributed by atoms with van der Waals surface area (Å²) in [5.74, 6) is 2.49. The second-order valence-corrected chi connectivity index (χ2v) is 2.70. The van der Waals surface area contributed by atoms with Crippen LogP contribution in [0.25, 0.3) is 0 Å². The Hall–Kier alpha value is -1.93. The van der Waals surface area contributed by atoms with Crippen LogP contribution in [0, 0.1) is 30.6 Å². The van der Waals surface area contributed by atoms with Crippen LogP contribution >= 0.6 is 0 Å². The van der Waals surface area contributed by atoms with E-state index in [0.717, 1.165) is 11.3 Å². The SMILES string of the molecule is C#CCNc1cc(C#N)ccc1C. The van der Waals surface area contributed by atoms with Crippen LogP contribution in [0.5, 0.6) is 0 Å². The average Bonchev–Trinajstić information content (AvgIpc) is 2.17. The molecule has 0 fully saturated rings. The quantitative estimate of drug-likeness (QED) is 0.688. The van der Waals surface area contributed by atoms with E-state index in [9.17, 15) is 0 Å². The molecular weight excluding hydrogens is 160 g/mol. The molecule has 0 aliphatic heterocycles. The van der Waals surface area contributed by atoms with Gasteiger partial charge in [-0.3, -0.25) is 0 Å². The summed E-state index contributed by atoms with van der Waals surface area (Å²) in [7, 11) is 0. The molecule has 0 atom stereocenters. The lowest BCUT2D eigenvalue weighted by molar-refractivity contribution is 1.32. The Bertz CT molecular complexity index is 380. The van der Waals surface area contributed by atoms with Crippen molar-refractivity contribution in [3.8, 4) is 18.4 Å². The summed E-state index contributed by atoms with van der Waals surface area (Å²) in [5.41, 5.74) is 2.66. The highest BCUT2D eigenvalue weighted by molar-refractivity contribution is 5.55. The Morgan fingerprint density at radius 3 is 2.92 bits per heavy atom. The van der Waals surface area contributed by atoms with Crippen LogP contribution in [-0.2, 0) is 0 Å². The van der Waals surface area contributed by atoms with Gasteiger partial charge in [0.2, 0.25) is 0 Å². The van der Waals surface area contributed by atoms with Crippen LogP contribution < -0.4 is 5.32 Å². The van der Waals surface area contributed by atoms with Gasteiger partial charge in [-0.05, 0) is 24.6 Å². The Morgan fingerprint density at radius 2 is 2.31 bits per heavy atom. The predicted molar refractivity (Wildman–Crippen MR) is 53.2 cm³/mol. The van der Waals surface area contributed by atoms with Crippen molar-refractivity contribution in [3.63, 3.8) is 0 Å². The van der Waals surface area contributed by atoms with Gasteiger partial charge in [0.25, 0.3) is 0 Å². The topological polar surface area (TPSA) is 35.8 Å². The second kappa shape index (κ2) is 4.18. The minimum atomic E-state index is 0.482. The molecule has 2 nitrogen and oxygen atoms in total. The van der Waals surface area contributed by atoms with Crippen molar-refractivity contribution in [1.29, 1.82) is 5.26 Å². The van der Waals surface area contributed by atoms with Crippen LogP contribution in [0.15, 0.2) is 18.2 Å². The molecule has 0 heterocycles. The maximum atomic E-state index is 8.66. The van der Waals surface area contributed by atoms with Gasteiger partial charge in [0, 0.05) is 5.69 Å². The lowest BCUT2D eigenvalue weighted by Gasteiger charge is -2.06. The second-order valence-electron chi connectivity index (χ2n) is 2.70. The molecule has 1 N–H and O–H groups in total. The normalized spacial score (nSPS) is 8.54. The highest BCUT2D eigenvalue weighted by Gasteiger charge is 1.97. The molecule has 64 valence electrons. The predicted octanol–water partition coefficient (Wildman–Crippen LogP) is 1.91. The van der Waals surface area contributed by atoms with Crippen molar-refractivity contribution < 1.29 is 0 Å². The number of aryl methyl sites for hydroxylation is 1. The number of rotatable bonds is 2. The molecule has 0 aliphatic carbocycles. The van der Waals surface area contributed by atoms with E-state index in [-0.39, 0.29) is 0 Å². The Labute approximate surface area is 78.2 Å². The summed E-state index contributed by atoms with van der Waals surface area (Å²) in [6.07, 6.45) is 5.12. The van der Waals surface area contributed by atoms with E-state index in [0.29, 0.717) is 12.1 Å². The van der Waals surface area contributed by atoms with Crippen LogP contribution in [0.2, 0.25) is 0 Å². The van der Waals surface area contributed by atoms with Gasteiger partial charge >= 0.3 is 0 Å². The zero-order valence-electron chi connectivity index (χ0n) is 7.46. The van der Waals surface area contributed by atoms with Crippen molar-refractivity contribution in [2.45, 2.75) is 6.92 Å². The minimum Gasteiger partial charge on any atom is -0.374 e. The zero-order valence-corrected chi connectivity index (χ0v) is 7.46. The van der Waals surface area contributed by atoms with Gasteiger partial charge in [0.05, 0.1) is 18.2 Å². The first-order chi connectivity index (χ1) is 6.27. The van der Waals surface area contributed by atoms with E-state index in [1.165, 1.54) is 0 Å². The maximum absolute atomic E-state index is 8.66. The van der Waals surface area contributed by atoms with Gasteiger partial charge in [0.1, 0.15) is 0 Å².